The number of rotatable bonds is 3. The average Bonchev–Trinajstić information content (AvgIpc) is 2.89. The molecule has 1 amide bonds. The van der Waals surface area contributed by atoms with Gasteiger partial charge in [-0.05, 0) is 30.5 Å². The standard InChI is InChI=1S/C14H18N2OS/c17-14-9-18-13-6-5-10(7-12(13)16-14)8-15-11-3-1-2-4-11/h5-7,11,15H,1-4,8-9H2,(H,16,17). The fourth-order valence-corrected chi connectivity index (χ4v) is 3.42. The van der Waals surface area contributed by atoms with Gasteiger partial charge in [0.05, 0.1) is 11.4 Å². The second-order valence-electron chi connectivity index (χ2n) is 5.03. The maximum atomic E-state index is 11.4. The largest absolute Gasteiger partial charge is 0.324 e. The molecule has 1 fully saturated rings. The molecule has 1 aromatic carbocycles. The van der Waals surface area contributed by atoms with Crippen molar-refractivity contribution in [2.24, 2.45) is 0 Å². The highest BCUT2D eigenvalue weighted by molar-refractivity contribution is 8.00. The number of hydrogen-bond donors (Lipinski definition) is 2. The van der Waals surface area contributed by atoms with Gasteiger partial charge in [0.25, 0.3) is 0 Å². The lowest BCUT2D eigenvalue weighted by atomic mass is 10.1. The first kappa shape index (κ1) is 12.1. The van der Waals surface area contributed by atoms with E-state index in [4.69, 9.17) is 0 Å². The molecule has 0 aromatic heterocycles. The van der Waals surface area contributed by atoms with Crippen molar-refractivity contribution in [1.29, 1.82) is 0 Å². The molecular formula is C14H18N2OS. The molecule has 0 atom stereocenters. The topological polar surface area (TPSA) is 41.1 Å². The number of benzene rings is 1. The van der Waals surface area contributed by atoms with Crippen LogP contribution in [-0.2, 0) is 11.3 Å². The molecule has 1 aliphatic carbocycles. The van der Waals surface area contributed by atoms with Gasteiger partial charge in [-0.15, -0.1) is 11.8 Å². The molecule has 96 valence electrons. The van der Waals surface area contributed by atoms with Gasteiger partial charge in [-0.3, -0.25) is 4.79 Å². The van der Waals surface area contributed by atoms with Crippen molar-refractivity contribution in [1.82, 2.24) is 5.32 Å². The number of anilines is 1. The van der Waals surface area contributed by atoms with E-state index in [0.29, 0.717) is 11.8 Å². The first-order chi connectivity index (χ1) is 8.81. The summed E-state index contributed by atoms with van der Waals surface area (Å²) in [6.45, 7) is 0.901. The van der Waals surface area contributed by atoms with Crippen LogP contribution in [0.1, 0.15) is 31.2 Å². The van der Waals surface area contributed by atoms with Crippen molar-refractivity contribution in [3.05, 3.63) is 23.8 Å². The maximum Gasteiger partial charge on any atom is 0.234 e. The number of hydrogen-bond acceptors (Lipinski definition) is 3. The Morgan fingerprint density at radius 1 is 1.33 bits per heavy atom. The highest BCUT2D eigenvalue weighted by Gasteiger charge is 2.16. The Bertz CT molecular complexity index is 455. The number of carbonyl (C=O) groups is 1. The van der Waals surface area contributed by atoms with Crippen molar-refractivity contribution < 1.29 is 4.79 Å². The van der Waals surface area contributed by atoms with E-state index in [-0.39, 0.29) is 5.91 Å². The van der Waals surface area contributed by atoms with E-state index in [1.54, 1.807) is 11.8 Å². The van der Waals surface area contributed by atoms with E-state index >= 15 is 0 Å². The lowest BCUT2D eigenvalue weighted by molar-refractivity contribution is -0.113. The zero-order chi connectivity index (χ0) is 12.4. The number of amides is 1. The lowest BCUT2D eigenvalue weighted by Gasteiger charge is -2.18. The molecule has 1 aromatic rings. The molecule has 1 aliphatic heterocycles. The summed E-state index contributed by atoms with van der Waals surface area (Å²) in [6.07, 6.45) is 5.32. The summed E-state index contributed by atoms with van der Waals surface area (Å²) in [6, 6.07) is 7.06. The molecule has 3 rings (SSSR count). The third kappa shape index (κ3) is 2.70. The Balaban J connectivity index is 1.65. The Kier molecular flexibility index (Phi) is 3.57. The second-order valence-corrected chi connectivity index (χ2v) is 6.05. The van der Waals surface area contributed by atoms with E-state index in [2.05, 4.69) is 28.8 Å². The van der Waals surface area contributed by atoms with E-state index < -0.39 is 0 Å². The van der Waals surface area contributed by atoms with Gasteiger partial charge in [-0.2, -0.15) is 0 Å². The first-order valence-corrected chi connectivity index (χ1v) is 7.59. The van der Waals surface area contributed by atoms with Crippen LogP contribution in [0.2, 0.25) is 0 Å². The van der Waals surface area contributed by atoms with Gasteiger partial charge in [-0.1, -0.05) is 18.9 Å². The Labute approximate surface area is 112 Å². The second kappa shape index (κ2) is 5.33. The van der Waals surface area contributed by atoms with Crippen LogP contribution < -0.4 is 10.6 Å². The minimum atomic E-state index is 0.105. The van der Waals surface area contributed by atoms with Crippen LogP contribution >= 0.6 is 11.8 Å². The summed E-state index contributed by atoms with van der Waals surface area (Å²) in [5.74, 6) is 0.639. The molecular weight excluding hydrogens is 244 g/mol. The SMILES string of the molecule is O=C1CSc2ccc(CNC3CCCC3)cc2N1. The van der Waals surface area contributed by atoms with Crippen LogP contribution in [-0.4, -0.2) is 17.7 Å². The van der Waals surface area contributed by atoms with Gasteiger partial charge < -0.3 is 10.6 Å². The van der Waals surface area contributed by atoms with Crippen LogP contribution in [0.25, 0.3) is 0 Å². The predicted octanol–water partition coefficient (Wildman–Crippen LogP) is 2.76. The molecule has 0 spiro atoms. The van der Waals surface area contributed by atoms with Crippen LogP contribution in [0.3, 0.4) is 0 Å². The van der Waals surface area contributed by atoms with Crippen molar-refractivity contribution in [3.8, 4) is 0 Å². The normalized spacial score (nSPS) is 19.7. The zero-order valence-corrected chi connectivity index (χ0v) is 11.2. The Morgan fingerprint density at radius 2 is 2.17 bits per heavy atom. The van der Waals surface area contributed by atoms with Gasteiger partial charge in [0, 0.05) is 17.5 Å². The van der Waals surface area contributed by atoms with Crippen molar-refractivity contribution >= 4 is 23.4 Å². The van der Waals surface area contributed by atoms with Gasteiger partial charge in [0.1, 0.15) is 0 Å². The average molecular weight is 262 g/mol. The van der Waals surface area contributed by atoms with Crippen LogP contribution in [0, 0.1) is 0 Å². The van der Waals surface area contributed by atoms with Gasteiger partial charge in [-0.25, -0.2) is 0 Å². The molecule has 2 aliphatic rings. The summed E-state index contributed by atoms with van der Waals surface area (Å²) in [5.41, 5.74) is 2.23. The summed E-state index contributed by atoms with van der Waals surface area (Å²) < 4.78 is 0. The molecule has 4 heteroatoms. The molecule has 3 nitrogen and oxygen atoms in total. The fourth-order valence-electron chi connectivity index (χ4n) is 2.63. The molecule has 1 saturated carbocycles. The maximum absolute atomic E-state index is 11.4. The fraction of sp³-hybridized carbons (Fsp3) is 0.500. The van der Waals surface area contributed by atoms with Crippen molar-refractivity contribution in [2.45, 2.75) is 43.2 Å². The zero-order valence-electron chi connectivity index (χ0n) is 10.4. The Hall–Kier alpha value is -1.00. The summed E-state index contributed by atoms with van der Waals surface area (Å²) in [5, 5.41) is 6.54. The molecule has 0 bridgehead atoms. The number of thioether (sulfide) groups is 1. The highest BCUT2D eigenvalue weighted by atomic mass is 32.2. The lowest BCUT2D eigenvalue weighted by Crippen LogP contribution is -2.25. The number of nitrogens with one attached hydrogen (secondary N) is 2. The van der Waals surface area contributed by atoms with Gasteiger partial charge in [0.2, 0.25) is 5.91 Å². The summed E-state index contributed by atoms with van der Waals surface area (Å²) in [7, 11) is 0. The highest BCUT2D eigenvalue weighted by Crippen LogP contribution is 2.32. The van der Waals surface area contributed by atoms with E-state index in [1.807, 2.05) is 0 Å². The minimum absolute atomic E-state index is 0.105. The van der Waals surface area contributed by atoms with Crippen LogP contribution in [0.5, 0.6) is 0 Å². The molecule has 0 unspecified atom stereocenters. The first-order valence-electron chi connectivity index (χ1n) is 6.60. The van der Waals surface area contributed by atoms with E-state index in [0.717, 1.165) is 12.2 Å². The number of fused-ring (bicyclic) bond motifs is 1. The van der Waals surface area contributed by atoms with Crippen LogP contribution in [0.15, 0.2) is 23.1 Å². The third-order valence-electron chi connectivity index (χ3n) is 3.63. The van der Waals surface area contributed by atoms with Crippen molar-refractivity contribution in [3.63, 3.8) is 0 Å². The minimum Gasteiger partial charge on any atom is -0.324 e. The molecule has 1 heterocycles. The summed E-state index contributed by atoms with van der Waals surface area (Å²) >= 11 is 1.62. The predicted molar refractivity (Wildman–Crippen MR) is 74.9 cm³/mol. The molecule has 0 radical (unpaired) electrons. The third-order valence-corrected chi connectivity index (χ3v) is 4.70. The summed E-state index contributed by atoms with van der Waals surface area (Å²) in [4.78, 5) is 12.5. The van der Waals surface area contributed by atoms with Gasteiger partial charge >= 0.3 is 0 Å². The van der Waals surface area contributed by atoms with Crippen molar-refractivity contribution in [2.75, 3.05) is 11.1 Å². The van der Waals surface area contributed by atoms with E-state index in [9.17, 15) is 4.79 Å². The monoisotopic (exact) mass is 262 g/mol. The number of carbonyl (C=O) groups excluding carboxylic acids is 1. The molecule has 18 heavy (non-hydrogen) atoms. The van der Waals surface area contributed by atoms with Crippen LogP contribution in [0.4, 0.5) is 5.69 Å². The smallest absolute Gasteiger partial charge is 0.234 e. The Morgan fingerprint density at radius 3 is 3.00 bits per heavy atom. The molecule has 0 saturated heterocycles. The quantitative estimate of drug-likeness (QED) is 0.880. The molecule has 2 N–H and O–H groups in total. The van der Waals surface area contributed by atoms with Gasteiger partial charge in [0.15, 0.2) is 0 Å². The van der Waals surface area contributed by atoms with E-state index in [1.165, 1.54) is 36.1 Å².